The molecule has 8 heteroatoms. The van der Waals surface area contributed by atoms with E-state index in [-0.39, 0.29) is 18.8 Å². The van der Waals surface area contributed by atoms with E-state index >= 15 is 0 Å². The van der Waals surface area contributed by atoms with Crippen molar-refractivity contribution in [2.24, 2.45) is 0 Å². The molecule has 0 atom stereocenters. The number of carbonyl (C=O) groups excluding carboxylic acids is 2. The predicted molar refractivity (Wildman–Crippen MR) is 86.2 cm³/mol. The van der Waals surface area contributed by atoms with Crippen LogP contribution >= 0.6 is 34.2 Å². The molecule has 1 aliphatic rings. The zero-order chi connectivity index (χ0) is 15.6. The Morgan fingerprint density at radius 3 is 2.76 bits per heavy atom. The van der Waals surface area contributed by atoms with Gasteiger partial charge in [0.1, 0.15) is 11.4 Å². The van der Waals surface area contributed by atoms with E-state index in [1.165, 1.54) is 13.2 Å². The number of nitrogens with zero attached hydrogens (tertiary/aromatic N) is 1. The zero-order valence-electron chi connectivity index (χ0n) is 11.0. The number of ether oxygens (including phenoxy) is 1. The second-order valence-corrected chi connectivity index (χ2v) is 5.71. The normalized spacial score (nSPS) is 14.5. The second kappa shape index (κ2) is 6.63. The largest absolute Gasteiger partial charge is 0.493 e. The number of benzene rings is 1. The third-order valence-electron chi connectivity index (χ3n) is 2.86. The van der Waals surface area contributed by atoms with Crippen LogP contribution in [0.15, 0.2) is 23.9 Å². The topological polar surface area (TPSA) is 78.9 Å². The number of amides is 2. The van der Waals surface area contributed by atoms with Crippen molar-refractivity contribution < 1.29 is 19.4 Å². The number of anilines is 1. The van der Waals surface area contributed by atoms with Crippen molar-refractivity contribution in [3.05, 3.63) is 32.5 Å². The lowest BCUT2D eigenvalue weighted by molar-refractivity contribution is -0.137. The fraction of sp³-hybridized carbons (Fsp3) is 0.231. The van der Waals surface area contributed by atoms with Gasteiger partial charge in [0.15, 0.2) is 5.75 Å². The Hall–Kier alpha value is -1.32. The number of rotatable bonds is 5. The van der Waals surface area contributed by atoms with E-state index in [4.69, 9.17) is 21.4 Å². The molecule has 21 heavy (non-hydrogen) atoms. The molecule has 6 nitrogen and oxygen atoms in total. The molecule has 1 aromatic rings. The summed E-state index contributed by atoms with van der Waals surface area (Å²) < 4.78 is 6.08. The fourth-order valence-electron chi connectivity index (χ4n) is 1.89. The molecule has 2 rings (SSSR count). The molecule has 0 radical (unpaired) electrons. The molecule has 1 heterocycles. The third-order valence-corrected chi connectivity index (χ3v) is 4.02. The van der Waals surface area contributed by atoms with Crippen LogP contribution in [0.1, 0.15) is 0 Å². The number of aliphatic hydroxyl groups excluding tert-OH is 1. The summed E-state index contributed by atoms with van der Waals surface area (Å²) >= 11 is 8.19. The molecule has 2 amide bonds. The Morgan fingerprint density at radius 1 is 1.43 bits per heavy atom. The molecule has 0 fully saturated rings. The Bertz CT molecular complexity index is 633. The Morgan fingerprint density at radius 2 is 2.14 bits per heavy atom. The summed E-state index contributed by atoms with van der Waals surface area (Å²) in [5, 5.41) is 12.1. The van der Waals surface area contributed by atoms with Crippen molar-refractivity contribution in [1.29, 1.82) is 0 Å². The Balaban J connectivity index is 2.32. The zero-order valence-corrected chi connectivity index (χ0v) is 13.9. The molecule has 0 saturated carbocycles. The van der Waals surface area contributed by atoms with Gasteiger partial charge in [-0.3, -0.25) is 14.5 Å². The van der Waals surface area contributed by atoms with Gasteiger partial charge in [0, 0.05) is 6.08 Å². The molecule has 0 saturated heterocycles. The SMILES string of the molecule is COc1c(I)ccc(Cl)c1NC1=CC(=O)N(CCO)C1=O. The lowest BCUT2D eigenvalue weighted by atomic mass is 10.2. The van der Waals surface area contributed by atoms with Crippen molar-refractivity contribution in [2.45, 2.75) is 0 Å². The molecule has 2 N–H and O–H groups in total. The third kappa shape index (κ3) is 3.14. The average molecular weight is 423 g/mol. The van der Waals surface area contributed by atoms with E-state index in [1.54, 1.807) is 12.1 Å². The first-order valence-corrected chi connectivity index (χ1v) is 7.42. The van der Waals surface area contributed by atoms with E-state index in [9.17, 15) is 9.59 Å². The van der Waals surface area contributed by atoms with E-state index < -0.39 is 11.8 Å². The van der Waals surface area contributed by atoms with Gasteiger partial charge in [-0.2, -0.15) is 0 Å². The highest BCUT2D eigenvalue weighted by atomic mass is 127. The number of carbonyl (C=O) groups is 2. The average Bonchev–Trinajstić information content (AvgIpc) is 2.71. The second-order valence-electron chi connectivity index (χ2n) is 4.14. The lowest BCUT2D eigenvalue weighted by Gasteiger charge is -2.16. The minimum absolute atomic E-state index is 0.0451. The quantitative estimate of drug-likeness (QED) is 0.557. The van der Waals surface area contributed by atoms with Crippen molar-refractivity contribution in [1.82, 2.24) is 4.90 Å². The lowest BCUT2D eigenvalue weighted by Crippen LogP contribution is -2.34. The highest BCUT2D eigenvalue weighted by molar-refractivity contribution is 14.1. The van der Waals surface area contributed by atoms with Gasteiger partial charge in [0.2, 0.25) is 0 Å². The first-order chi connectivity index (χ1) is 9.99. The van der Waals surface area contributed by atoms with Gasteiger partial charge in [0.05, 0.1) is 28.9 Å². The van der Waals surface area contributed by atoms with Gasteiger partial charge in [0.25, 0.3) is 11.8 Å². The Labute approximate surface area is 139 Å². The molecule has 0 bridgehead atoms. The van der Waals surface area contributed by atoms with E-state index in [0.29, 0.717) is 16.5 Å². The summed E-state index contributed by atoms with van der Waals surface area (Å²) in [5.41, 5.74) is 0.514. The van der Waals surface area contributed by atoms with Crippen molar-refractivity contribution >= 4 is 51.7 Å². The van der Waals surface area contributed by atoms with Crippen LogP contribution in [0.2, 0.25) is 5.02 Å². The van der Waals surface area contributed by atoms with Crippen molar-refractivity contribution in [3.63, 3.8) is 0 Å². The van der Waals surface area contributed by atoms with E-state index in [1.807, 2.05) is 0 Å². The van der Waals surface area contributed by atoms with E-state index in [2.05, 4.69) is 27.9 Å². The molecule has 0 unspecified atom stereocenters. The molecule has 0 aliphatic carbocycles. The molecule has 0 spiro atoms. The molecular formula is C13H12ClIN2O4. The summed E-state index contributed by atoms with van der Waals surface area (Å²) in [4.78, 5) is 24.7. The van der Waals surface area contributed by atoms with Gasteiger partial charge < -0.3 is 15.2 Å². The van der Waals surface area contributed by atoms with Crippen LogP contribution in [-0.2, 0) is 9.59 Å². The van der Waals surface area contributed by atoms with Gasteiger partial charge in [-0.15, -0.1) is 0 Å². The van der Waals surface area contributed by atoms with Crippen LogP contribution in [-0.4, -0.2) is 42.1 Å². The fourth-order valence-corrected chi connectivity index (χ4v) is 2.76. The maximum Gasteiger partial charge on any atom is 0.277 e. The number of aliphatic hydroxyl groups is 1. The van der Waals surface area contributed by atoms with Crippen LogP contribution in [0.25, 0.3) is 0 Å². The minimum Gasteiger partial charge on any atom is -0.493 e. The van der Waals surface area contributed by atoms with Gasteiger partial charge in [-0.1, -0.05) is 11.6 Å². The molecule has 1 aliphatic heterocycles. The molecule has 0 aromatic heterocycles. The van der Waals surface area contributed by atoms with Gasteiger partial charge in [-0.25, -0.2) is 0 Å². The number of hydrogen-bond acceptors (Lipinski definition) is 5. The summed E-state index contributed by atoms with van der Waals surface area (Å²) in [7, 11) is 1.49. The molecular weight excluding hydrogens is 411 g/mol. The van der Waals surface area contributed by atoms with Crippen LogP contribution in [0.3, 0.4) is 0 Å². The van der Waals surface area contributed by atoms with Crippen LogP contribution in [0.4, 0.5) is 5.69 Å². The summed E-state index contributed by atoms with van der Waals surface area (Å²) in [5.74, 6) is -0.492. The van der Waals surface area contributed by atoms with Crippen molar-refractivity contribution in [2.75, 3.05) is 25.6 Å². The van der Waals surface area contributed by atoms with Crippen LogP contribution < -0.4 is 10.1 Å². The minimum atomic E-state index is -0.508. The van der Waals surface area contributed by atoms with Crippen LogP contribution in [0.5, 0.6) is 5.75 Å². The van der Waals surface area contributed by atoms with Gasteiger partial charge in [-0.05, 0) is 34.7 Å². The monoisotopic (exact) mass is 422 g/mol. The number of halogens is 2. The highest BCUT2D eigenvalue weighted by Crippen LogP contribution is 2.37. The van der Waals surface area contributed by atoms with E-state index in [0.717, 1.165) is 8.47 Å². The molecule has 112 valence electrons. The maximum atomic E-state index is 12.1. The first kappa shape index (κ1) is 16.1. The molecule has 1 aromatic carbocycles. The number of nitrogens with one attached hydrogen (secondary N) is 1. The standard InChI is InChI=1S/C13H12ClIN2O4/c1-21-12-8(15)3-2-7(14)11(12)16-9-6-10(19)17(4-5-18)13(9)20/h2-3,6,16,18H,4-5H2,1H3. The number of β-amino-alcohol motifs (C(OH)–C–C–N with tert-alkyl or cyclic N) is 1. The first-order valence-electron chi connectivity index (χ1n) is 5.97. The Kier molecular flexibility index (Phi) is 5.07. The summed E-state index contributed by atoms with van der Waals surface area (Å²) in [6.07, 6.45) is 1.17. The summed E-state index contributed by atoms with van der Waals surface area (Å²) in [6.45, 7) is -0.331. The van der Waals surface area contributed by atoms with Gasteiger partial charge >= 0.3 is 0 Å². The van der Waals surface area contributed by atoms with Crippen molar-refractivity contribution in [3.8, 4) is 5.75 Å². The highest BCUT2D eigenvalue weighted by Gasteiger charge is 2.31. The number of hydrogen-bond donors (Lipinski definition) is 2. The smallest absolute Gasteiger partial charge is 0.277 e. The summed E-state index contributed by atoms with van der Waals surface area (Å²) in [6, 6.07) is 3.45. The number of imide groups is 1. The predicted octanol–water partition coefficient (Wildman–Crippen LogP) is 1.61. The number of methoxy groups -OCH3 is 1. The van der Waals surface area contributed by atoms with Crippen LogP contribution in [0, 0.1) is 3.57 Å². The maximum absolute atomic E-state index is 12.1.